The molecule has 1 aromatic heterocycles. The van der Waals surface area contributed by atoms with Gasteiger partial charge in [0.1, 0.15) is 5.82 Å². The number of carbonyl (C=O) groups excluding carboxylic acids is 1. The molecule has 1 aliphatic carbocycles. The quantitative estimate of drug-likeness (QED) is 0.815. The first kappa shape index (κ1) is 15.4. The number of rotatable bonds is 5. The Hall–Kier alpha value is -1.53. The predicted octanol–water partition coefficient (Wildman–Crippen LogP) is 3.76. The normalized spacial score (nSPS) is 15.6. The maximum Gasteiger partial charge on any atom is 0.237 e. The third kappa shape index (κ3) is 3.62. The molecule has 2 aromatic rings. The highest BCUT2D eigenvalue weighted by molar-refractivity contribution is 8.00. The first-order valence-electron chi connectivity index (χ1n) is 7.19. The zero-order valence-electron chi connectivity index (χ0n) is 12.4. The van der Waals surface area contributed by atoms with Gasteiger partial charge < -0.3 is 5.32 Å². The van der Waals surface area contributed by atoms with Crippen LogP contribution in [0.2, 0.25) is 5.02 Å². The molecule has 0 radical (unpaired) electrons. The zero-order chi connectivity index (χ0) is 15.7. The van der Waals surface area contributed by atoms with Crippen molar-refractivity contribution in [3.63, 3.8) is 0 Å². The van der Waals surface area contributed by atoms with E-state index < -0.39 is 0 Å². The van der Waals surface area contributed by atoms with Crippen LogP contribution in [0.5, 0.6) is 0 Å². The van der Waals surface area contributed by atoms with Gasteiger partial charge in [0.25, 0.3) is 0 Å². The lowest BCUT2D eigenvalue weighted by Gasteiger charge is -2.12. The molecule has 22 heavy (non-hydrogen) atoms. The topological polar surface area (TPSA) is 70.7 Å². The van der Waals surface area contributed by atoms with Crippen molar-refractivity contribution in [2.75, 3.05) is 5.32 Å². The standard InChI is InChI=1S/C15H17ClN4OS/c1-8-3-6-11(16)7-12(8)17-14(21)9(2)22-15-18-13(19-20-15)10-4-5-10/h3,6-7,9-10H,4-5H2,1-2H3,(H,17,21)(H,18,19,20). The zero-order valence-corrected chi connectivity index (χ0v) is 14.0. The van der Waals surface area contributed by atoms with Gasteiger partial charge in [-0.1, -0.05) is 29.4 Å². The van der Waals surface area contributed by atoms with Gasteiger partial charge in [-0.3, -0.25) is 9.89 Å². The Balaban J connectivity index is 1.62. The van der Waals surface area contributed by atoms with Crippen LogP contribution in [0.4, 0.5) is 5.69 Å². The van der Waals surface area contributed by atoms with Gasteiger partial charge in [0.15, 0.2) is 0 Å². The number of nitrogens with zero attached hydrogens (tertiary/aromatic N) is 2. The van der Waals surface area contributed by atoms with E-state index in [1.165, 1.54) is 24.6 Å². The molecule has 1 heterocycles. The van der Waals surface area contributed by atoms with Crippen LogP contribution in [0.1, 0.15) is 37.1 Å². The molecule has 0 saturated heterocycles. The van der Waals surface area contributed by atoms with Crippen LogP contribution < -0.4 is 5.32 Å². The SMILES string of the molecule is Cc1ccc(Cl)cc1NC(=O)C(C)Sc1n[nH]c(C2CC2)n1. The minimum absolute atomic E-state index is 0.0897. The fourth-order valence-electron chi connectivity index (χ4n) is 2.03. The minimum atomic E-state index is -0.291. The molecule has 116 valence electrons. The van der Waals surface area contributed by atoms with Crippen LogP contribution in [-0.2, 0) is 4.79 Å². The summed E-state index contributed by atoms with van der Waals surface area (Å²) in [7, 11) is 0. The molecule has 1 unspecified atom stereocenters. The summed E-state index contributed by atoms with van der Waals surface area (Å²) in [6, 6.07) is 5.44. The molecular formula is C15H17ClN4OS. The second-order valence-corrected chi connectivity index (χ2v) is 7.23. The number of aromatic nitrogens is 3. The highest BCUT2D eigenvalue weighted by atomic mass is 35.5. The third-order valence-electron chi connectivity index (χ3n) is 3.56. The average Bonchev–Trinajstić information content (AvgIpc) is 3.23. The van der Waals surface area contributed by atoms with Crippen molar-refractivity contribution in [3.05, 3.63) is 34.6 Å². The molecule has 3 rings (SSSR count). The van der Waals surface area contributed by atoms with Crippen molar-refractivity contribution in [3.8, 4) is 0 Å². The van der Waals surface area contributed by atoms with Crippen LogP contribution in [0.3, 0.4) is 0 Å². The summed E-state index contributed by atoms with van der Waals surface area (Å²) in [6.45, 7) is 3.77. The fourth-order valence-corrected chi connectivity index (χ4v) is 2.93. The van der Waals surface area contributed by atoms with Crippen molar-refractivity contribution >= 4 is 35.0 Å². The van der Waals surface area contributed by atoms with Gasteiger partial charge >= 0.3 is 0 Å². The highest BCUT2D eigenvalue weighted by Gasteiger charge is 2.28. The maximum absolute atomic E-state index is 12.3. The summed E-state index contributed by atoms with van der Waals surface area (Å²) in [5.41, 5.74) is 1.71. The summed E-state index contributed by atoms with van der Waals surface area (Å²) >= 11 is 7.32. The number of aromatic amines is 1. The van der Waals surface area contributed by atoms with E-state index in [0.717, 1.165) is 17.1 Å². The molecule has 0 aliphatic heterocycles. The molecule has 2 N–H and O–H groups in total. The van der Waals surface area contributed by atoms with Crippen LogP contribution in [0, 0.1) is 6.92 Å². The fraction of sp³-hybridized carbons (Fsp3) is 0.400. The van der Waals surface area contributed by atoms with Crippen molar-refractivity contribution in [2.24, 2.45) is 0 Å². The first-order chi connectivity index (χ1) is 10.5. The first-order valence-corrected chi connectivity index (χ1v) is 8.44. The lowest BCUT2D eigenvalue weighted by molar-refractivity contribution is -0.115. The number of thioether (sulfide) groups is 1. The number of H-pyrrole nitrogens is 1. The van der Waals surface area contributed by atoms with Crippen molar-refractivity contribution < 1.29 is 4.79 Å². The Morgan fingerprint density at radius 1 is 1.50 bits per heavy atom. The van der Waals surface area contributed by atoms with Crippen LogP contribution >= 0.6 is 23.4 Å². The largest absolute Gasteiger partial charge is 0.325 e. The Bertz CT molecular complexity index is 699. The van der Waals surface area contributed by atoms with Gasteiger partial charge in [-0.15, -0.1) is 5.10 Å². The van der Waals surface area contributed by atoms with E-state index in [2.05, 4.69) is 20.5 Å². The number of halogens is 1. The Morgan fingerprint density at radius 2 is 2.27 bits per heavy atom. The summed E-state index contributed by atoms with van der Waals surface area (Å²) in [5, 5.41) is 10.9. The number of hydrogen-bond donors (Lipinski definition) is 2. The number of hydrogen-bond acceptors (Lipinski definition) is 4. The van der Waals surface area contributed by atoms with E-state index >= 15 is 0 Å². The molecule has 1 saturated carbocycles. The number of anilines is 1. The summed E-state index contributed by atoms with van der Waals surface area (Å²) in [5.74, 6) is 1.37. The summed E-state index contributed by atoms with van der Waals surface area (Å²) in [6.07, 6.45) is 2.34. The Morgan fingerprint density at radius 3 is 3.00 bits per heavy atom. The molecule has 7 heteroatoms. The van der Waals surface area contributed by atoms with Gasteiger partial charge in [-0.05, 0) is 44.4 Å². The molecule has 0 bridgehead atoms. The summed E-state index contributed by atoms with van der Waals surface area (Å²) in [4.78, 5) is 16.7. The Labute approximate surface area is 138 Å². The molecular weight excluding hydrogens is 320 g/mol. The van der Waals surface area contributed by atoms with Crippen molar-refractivity contribution in [2.45, 2.75) is 43.0 Å². The second kappa shape index (κ2) is 6.30. The maximum atomic E-state index is 12.3. The van der Waals surface area contributed by atoms with E-state index in [-0.39, 0.29) is 11.2 Å². The molecule has 1 amide bonds. The third-order valence-corrected chi connectivity index (χ3v) is 4.75. The van der Waals surface area contributed by atoms with E-state index in [1.54, 1.807) is 12.1 Å². The minimum Gasteiger partial charge on any atom is -0.325 e. The molecule has 1 atom stereocenters. The van der Waals surface area contributed by atoms with Crippen LogP contribution in [0.15, 0.2) is 23.4 Å². The second-order valence-electron chi connectivity index (χ2n) is 5.49. The number of amides is 1. The molecule has 0 spiro atoms. The number of carbonyl (C=O) groups is 1. The predicted molar refractivity (Wildman–Crippen MR) is 88.5 cm³/mol. The smallest absolute Gasteiger partial charge is 0.237 e. The van der Waals surface area contributed by atoms with Crippen LogP contribution in [0.25, 0.3) is 0 Å². The van der Waals surface area contributed by atoms with Gasteiger partial charge in [0, 0.05) is 16.6 Å². The number of benzene rings is 1. The van der Waals surface area contributed by atoms with E-state index in [9.17, 15) is 4.79 Å². The lowest BCUT2D eigenvalue weighted by atomic mass is 10.2. The van der Waals surface area contributed by atoms with E-state index in [0.29, 0.717) is 16.1 Å². The molecule has 1 aliphatic rings. The highest BCUT2D eigenvalue weighted by Crippen LogP contribution is 2.38. The van der Waals surface area contributed by atoms with E-state index in [1.807, 2.05) is 19.9 Å². The van der Waals surface area contributed by atoms with Crippen LogP contribution in [-0.4, -0.2) is 26.3 Å². The number of aryl methyl sites for hydroxylation is 1. The Kier molecular flexibility index (Phi) is 4.40. The van der Waals surface area contributed by atoms with Gasteiger partial charge in [0.05, 0.1) is 5.25 Å². The number of nitrogens with one attached hydrogen (secondary N) is 2. The summed E-state index contributed by atoms with van der Waals surface area (Å²) < 4.78 is 0. The van der Waals surface area contributed by atoms with Crippen molar-refractivity contribution in [1.29, 1.82) is 0 Å². The van der Waals surface area contributed by atoms with E-state index in [4.69, 9.17) is 11.6 Å². The molecule has 1 aromatic carbocycles. The van der Waals surface area contributed by atoms with Gasteiger partial charge in [0.2, 0.25) is 11.1 Å². The lowest BCUT2D eigenvalue weighted by Crippen LogP contribution is -2.23. The van der Waals surface area contributed by atoms with Gasteiger partial charge in [-0.25, -0.2) is 4.98 Å². The average molecular weight is 337 g/mol. The molecule has 1 fully saturated rings. The molecule has 5 nitrogen and oxygen atoms in total. The van der Waals surface area contributed by atoms with Crippen molar-refractivity contribution in [1.82, 2.24) is 15.2 Å². The monoisotopic (exact) mass is 336 g/mol. The van der Waals surface area contributed by atoms with Gasteiger partial charge in [-0.2, -0.15) is 0 Å².